The smallest absolute Gasteiger partial charge is 0.0294 e. The first kappa shape index (κ1) is 15.1. The van der Waals surface area contributed by atoms with Crippen molar-refractivity contribution in [1.29, 1.82) is 0 Å². The van der Waals surface area contributed by atoms with E-state index in [1.807, 2.05) is 0 Å². The molecule has 1 aliphatic carbocycles. The molecule has 1 aromatic carbocycles. The quantitative estimate of drug-likeness (QED) is 0.725. The fourth-order valence-electron chi connectivity index (χ4n) is 3.21. The molecular weight excluding hydrogens is 298 g/mol. The molecule has 0 heterocycles. The highest BCUT2D eigenvalue weighted by atomic mass is 79.9. The molecule has 0 bridgehead atoms. The number of hydrogen-bond acceptors (Lipinski definition) is 1. The van der Waals surface area contributed by atoms with E-state index in [9.17, 15) is 0 Å². The van der Waals surface area contributed by atoms with Gasteiger partial charge < -0.3 is 5.32 Å². The molecule has 0 aromatic heterocycles. The van der Waals surface area contributed by atoms with Gasteiger partial charge in [0.2, 0.25) is 0 Å². The van der Waals surface area contributed by atoms with Crippen LogP contribution in [0.1, 0.15) is 64.0 Å². The van der Waals surface area contributed by atoms with Gasteiger partial charge in [0, 0.05) is 16.6 Å². The Morgan fingerprint density at radius 1 is 1.11 bits per heavy atom. The monoisotopic (exact) mass is 323 g/mol. The van der Waals surface area contributed by atoms with Gasteiger partial charge in [0.05, 0.1) is 0 Å². The van der Waals surface area contributed by atoms with Crippen LogP contribution in [0.25, 0.3) is 0 Å². The summed E-state index contributed by atoms with van der Waals surface area (Å²) in [7, 11) is 0. The maximum atomic E-state index is 3.80. The molecule has 0 saturated heterocycles. The van der Waals surface area contributed by atoms with Gasteiger partial charge in [-0.2, -0.15) is 0 Å². The molecule has 0 amide bonds. The predicted molar refractivity (Wildman–Crippen MR) is 86.3 cm³/mol. The maximum absolute atomic E-state index is 3.80. The fourth-order valence-corrected chi connectivity index (χ4v) is 3.63. The molecule has 19 heavy (non-hydrogen) atoms. The Morgan fingerprint density at radius 2 is 1.79 bits per heavy atom. The molecule has 2 rings (SSSR count). The van der Waals surface area contributed by atoms with Gasteiger partial charge in [-0.3, -0.25) is 0 Å². The number of hydrogen-bond donors (Lipinski definition) is 1. The fraction of sp³-hybridized carbons (Fsp3) is 0.647. The van der Waals surface area contributed by atoms with Gasteiger partial charge in [0.25, 0.3) is 0 Å². The molecule has 1 saturated carbocycles. The Morgan fingerprint density at radius 3 is 2.42 bits per heavy atom. The molecule has 0 spiro atoms. The van der Waals surface area contributed by atoms with Crippen LogP contribution < -0.4 is 5.32 Å². The second-order valence-electron chi connectivity index (χ2n) is 5.98. The lowest BCUT2D eigenvalue weighted by atomic mass is 9.92. The van der Waals surface area contributed by atoms with E-state index in [0.29, 0.717) is 12.1 Å². The van der Waals surface area contributed by atoms with E-state index in [4.69, 9.17) is 0 Å². The van der Waals surface area contributed by atoms with Crippen LogP contribution >= 0.6 is 15.9 Å². The lowest BCUT2D eigenvalue weighted by Crippen LogP contribution is -2.35. The molecule has 1 fully saturated rings. The van der Waals surface area contributed by atoms with Gasteiger partial charge in [-0.05, 0) is 50.3 Å². The van der Waals surface area contributed by atoms with Gasteiger partial charge in [0.1, 0.15) is 0 Å². The highest BCUT2D eigenvalue weighted by Gasteiger charge is 2.20. The van der Waals surface area contributed by atoms with Crippen molar-refractivity contribution in [2.24, 2.45) is 5.92 Å². The van der Waals surface area contributed by atoms with Crippen LogP contribution in [-0.4, -0.2) is 6.04 Å². The molecule has 1 aliphatic rings. The number of rotatable bonds is 4. The Balaban J connectivity index is 1.92. The SMILES string of the molecule is CC(N[C@@H](C)C1CCCCCC1)c1cccc(Br)c1. The molecule has 0 radical (unpaired) electrons. The van der Waals surface area contributed by atoms with Crippen molar-refractivity contribution in [3.8, 4) is 0 Å². The third-order valence-electron chi connectivity index (χ3n) is 4.47. The van der Waals surface area contributed by atoms with E-state index in [0.717, 1.165) is 5.92 Å². The topological polar surface area (TPSA) is 12.0 Å². The Labute approximate surface area is 126 Å². The van der Waals surface area contributed by atoms with Crippen molar-refractivity contribution in [1.82, 2.24) is 5.32 Å². The molecular formula is C17H26BrN. The van der Waals surface area contributed by atoms with E-state index >= 15 is 0 Å². The van der Waals surface area contributed by atoms with Gasteiger partial charge in [0.15, 0.2) is 0 Å². The van der Waals surface area contributed by atoms with Crippen molar-refractivity contribution in [3.05, 3.63) is 34.3 Å². The molecule has 1 nitrogen and oxygen atoms in total. The van der Waals surface area contributed by atoms with Crippen LogP contribution in [-0.2, 0) is 0 Å². The summed E-state index contributed by atoms with van der Waals surface area (Å²) in [6, 6.07) is 9.68. The number of halogens is 1. The minimum Gasteiger partial charge on any atom is -0.307 e. The summed E-state index contributed by atoms with van der Waals surface area (Å²) < 4.78 is 1.17. The van der Waals surface area contributed by atoms with Crippen LogP contribution in [0, 0.1) is 5.92 Å². The van der Waals surface area contributed by atoms with Gasteiger partial charge in [-0.25, -0.2) is 0 Å². The zero-order valence-electron chi connectivity index (χ0n) is 12.2. The van der Waals surface area contributed by atoms with Crippen molar-refractivity contribution in [2.45, 2.75) is 64.5 Å². The average molecular weight is 324 g/mol. The van der Waals surface area contributed by atoms with Crippen LogP contribution in [0.3, 0.4) is 0 Å². The Kier molecular flexibility index (Phi) is 5.90. The van der Waals surface area contributed by atoms with Crippen molar-refractivity contribution in [2.75, 3.05) is 0 Å². The summed E-state index contributed by atoms with van der Waals surface area (Å²) in [5.41, 5.74) is 1.37. The third kappa shape index (κ3) is 4.61. The second kappa shape index (κ2) is 7.44. The van der Waals surface area contributed by atoms with E-state index in [1.54, 1.807) is 0 Å². The lowest BCUT2D eigenvalue weighted by Gasteiger charge is -2.27. The van der Waals surface area contributed by atoms with Crippen molar-refractivity contribution < 1.29 is 0 Å². The van der Waals surface area contributed by atoms with Crippen LogP contribution in [0.4, 0.5) is 0 Å². The molecule has 2 heteroatoms. The first-order valence-corrected chi connectivity index (χ1v) is 8.47. The zero-order chi connectivity index (χ0) is 13.7. The summed E-state index contributed by atoms with van der Waals surface area (Å²) in [5, 5.41) is 3.80. The number of nitrogens with one attached hydrogen (secondary N) is 1. The molecule has 0 aliphatic heterocycles. The minimum absolute atomic E-state index is 0.427. The summed E-state index contributed by atoms with van der Waals surface area (Å²) in [6.45, 7) is 4.64. The number of benzene rings is 1. The largest absolute Gasteiger partial charge is 0.307 e. The average Bonchev–Trinajstić information content (AvgIpc) is 2.67. The Bertz CT molecular complexity index is 383. The normalized spacial score (nSPS) is 20.8. The van der Waals surface area contributed by atoms with Crippen LogP contribution in [0.15, 0.2) is 28.7 Å². The molecule has 2 atom stereocenters. The predicted octanol–water partition coefficient (Wildman–Crippen LogP) is 5.46. The molecule has 1 aromatic rings. The van der Waals surface area contributed by atoms with E-state index in [-0.39, 0.29) is 0 Å². The summed E-state index contributed by atoms with van der Waals surface area (Å²) in [5.74, 6) is 0.858. The zero-order valence-corrected chi connectivity index (χ0v) is 13.7. The van der Waals surface area contributed by atoms with Crippen LogP contribution in [0.5, 0.6) is 0 Å². The highest BCUT2D eigenvalue weighted by Crippen LogP contribution is 2.27. The maximum Gasteiger partial charge on any atom is 0.0294 e. The van der Waals surface area contributed by atoms with E-state index < -0.39 is 0 Å². The summed E-state index contributed by atoms with van der Waals surface area (Å²) in [4.78, 5) is 0. The Hall–Kier alpha value is -0.340. The van der Waals surface area contributed by atoms with E-state index in [2.05, 4.69) is 59.4 Å². The summed E-state index contributed by atoms with van der Waals surface area (Å²) >= 11 is 3.56. The molecule has 1 N–H and O–H groups in total. The van der Waals surface area contributed by atoms with Gasteiger partial charge in [-0.15, -0.1) is 0 Å². The van der Waals surface area contributed by atoms with Crippen molar-refractivity contribution >= 4 is 15.9 Å². The van der Waals surface area contributed by atoms with Crippen molar-refractivity contribution in [3.63, 3.8) is 0 Å². The van der Waals surface area contributed by atoms with Crippen LogP contribution in [0.2, 0.25) is 0 Å². The van der Waals surface area contributed by atoms with Gasteiger partial charge in [-0.1, -0.05) is 53.7 Å². The molecule has 1 unspecified atom stereocenters. The first-order valence-electron chi connectivity index (χ1n) is 7.68. The lowest BCUT2D eigenvalue weighted by molar-refractivity contribution is 0.316. The first-order chi connectivity index (χ1) is 9.16. The second-order valence-corrected chi connectivity index (χ2v) is 6.90. The minimum atomic E-state index is 0.427. The standard InChI is InChI=1S/C17H26BrN/c1-13(15-8-5-3-4-6-9-15)19-14(2)16-10-7-11-17(18)12-16/h7,10-15,19H,3-6,8-9H2,1-2H3/t13-,14?/m0/s1. The molecule has 106 valence electrons. The summed E-state index contributed by atoms with van der Waals surface area (Å²) in [6.07, 6.45) is 8.51. The highest BCUT2D eigenvalue weighted by molar-refractivity contribution is 9.10. The van der Waals surface area contributed by atoms with E-state index in [1.165, 1.54) is 48.6 Å². The van der Waals surface area contributed by atoms with Gasteiger partial charge >= 0.3 is 0 Å². The third-order valence-corrected chi connectivity index (χ3v) is 4.96.